The van der Waals surface area contributed by atoms with Crippen LogP contribution in [0.1, 0.15) is 44.9 Å². The summed E-state index contributed by atoms with van der Waals surface area (Å²) in [6, 6.07) is 16.5. The lowest BCUT2D eigenvalue weighted by atomic mass is 9.99. The zero-order valence-corrected chi connectivity index (χ0v) is 18.7. The van der Waals surface area contributed by atoms with Gasteiger partial charge in [0.15, 0.2) is 0 Å². The molecule has 1 fully saturated rings. The number of rotatable bonds is 8. The summed E-state index contributed by atoms with van der Waals surface area (Å²) in [5, 5.41) is 6.42. The van der Waals surface area contributed by atoms with E-state index in [-0.39, 0.29) is 18.0 Å². The molecule has 1 aliphatic heterocycles. The first-order valence-corrected chi connectivity index (χ1v) is 11.0. The molecule has 30 heavy (non-hydrogen) atoms. The number of anilines is 2. The molecule has 1 heterocycles. The van der Waals surface area contributed by atoms with Gasteiger partial charge in [0, 0.05) is 30.5 Å². The molecule has 0 aromatic heterocycles. The summed E-state index contributed by atoms with van der Waals surface area (Å²) in [6.45, 7) is 11.8. The lowest BCUT2D eigenvalue weighted by Crippen LogP contribution is -2.39. The van der Waals surface area contributed by atoms with Crippen LogP contribution in [0.25, 0.3) is 0 Å². The third-order valence-electron chi connectivity index (χ3n) is 5.53. The number of morpholine rings is 1. The summed E-state index contributed by atoms with van der Waals surface area (Å²) in [5.41, 5.74) is 4.53. The highest BCUT2D eigenvalue weighted by atomic mass is 16.5. The number of hydrogen-bond acceptors (Lipinski definition) is 4. The number of carbonyl (C=O) groups excluding carboxylic acids is 1. The van der Waals surface area contributed by atoms with Crippen LogP contribution in [0.2, 0.25) is 0 Å². The van der Waals surface area contributed by atoms with E-state index in [0.29, 0.717) is 5.92 Å². The van der Waals surface area contributed by atoms with Gasteiger partial charge in [-0.1, -0.05) is 38.1 Å². The van der Waals surface area contributed by atoms with Gasteiger partial charge < -0.3 is 15.0 Å². The van der Waals surface area contributed by atoms with Gasteiger partial charge in [-0.2, -0.15) is 0 Å². The number of nitrogens with one attached hydrogen (secondary N) is 2. The van der Waals surface area contributed by atoms with Crippen molar-refractivity contribution in [3.05, 3.63) is 59.7 Å². The van der Waals surface area contributed by atoms with Crippen molar-refractivity contribution in [2.45, 2.75) is 46.2 Å². The molecule has 162 valence electrons. The molecule has 0 spiro atoms. The van der Waals surface area contributed by atoms with E-state index >= 15 is 0 Å². The summed E-state index contributed by atoms with van der Waals surface area (Å²) in [5.74, 6) is 0.621. The molecule has 1 saturated heterocycles. The van der Waals surface area contributed by atoms with Crippen LogP contribution in [-0.2, 0) is 16.0 Å². The van der Waals surface area contributed by atoms with Crippen LogP contribution in [0, 0.1) is 5.92 Å². The summed E-state index contributed by atoms with van der Waals surface area (Å²) in [6.07, 6.45) is 1.09. The second-order valence-electron chi connectivity index (χ2n) is 8.59. The standard InChI is InChI=1S/C25H35N3O2/c1-18(2)17-21-5-7-22(8-6-21)19(3)26-20(4)25(29)27-23-9-11-24(12-10-23)28-13-15-30-16-14-28/h5-12,18-20,26H,13-17H2,1-4H3,(H,27,29)/t19-,20-/m0/s1. The second-order valence-corrected chi connectivity index (χ2v) is 8.59. The average molecular weight is 410 g/mol. The van der Waals surface area contributed by atoms with Crippen LogP contribution in [0.5, 0.6) is 0 Å². The Kier molecular flexibility index (Phi) is 7.88. The number of nitrogens with zero attached hydrogens (tertiary/aromatic N) is 1. The Bertz CT molecular complexity index is 796. The van der Waals surface area contributed by atoms with E-state index < -0.39 is 0 Å². The molecule has 5 nitrogen and oxygen atoms in total. The minimum Gasteiger partial charge on any atom is -0.378 e. The van der Waals surface area contributed by atoms with Crippen LogP contribution in [0.15, 0.2) is 48.5 Å². The van der Waals surface area contributed by atoms with E-state index in [1.807, 2.05) is 19.1 Å². The van der Waals surface area contributed by atoms with Gasteiger partial charge >= 0.3 is 0 Å². The fourth-order valence-electron chi connectivity index (χ4n) is 3.79. The fraction of sp³-hybridized carbons (Fsp3) is 0.480. The van der Waals surface area contributed by atoms with Gasteiger partial charge in [0.1, 0.15) is 0 Å². The molecule has 1 amide bonds. The van der Waals surface area contributed by atoms with Crippen molar-refractivity contribution in [3.8, 4) is 0 Å². The average Bonchev–Trinajstić information content (AvgIpc) is 2.75. The van der Waals surface area contributed by atoms with Gasteiger partial charge in [0.05, 0.1) is 19.3 Å². The van der Waals surface area contributed by atoms with Gasteiger partial charge in [0.2, 0.25) is 5.91 Å². The predicted octanol–water partition coefficient (Wildman–Crippen LogP) is 4.40. The van der Waals surface area contributed by atoms with Crippen molar-refractivity contribution in [2.24, 2.45) is 5.92 Å². The smallest absolute Gasteiger partial charge is 0.241 e. The Labute approximate surface area is 180 Å². The van der Waals surface area contributed by atoms with Crippen molar-refractivity contribution in [1.29, 1.82) is 0 Å². The summed E-state index contributed by atoms with van der Waals surface area (Å²) in [7, 11) is 0. The number of benzene rings is 2. The molecule has 2 N–H and O–H groups in total. The SMILES string of the molecule is CC(C)Cc1ccc([C@H](C)N[C@@H](C)C(=O)Nc2ccc(N3CCOCC3)cc2)cc1. The third-order valence-corrected chi connectivity index (χ3v) is 5.53. The zero-order chi connectivity index (χ0) is 21.5. The Morgan fingerprint density at radius 3 is 2.20 bits per heavy atom. The normalized spacial score (nSPS) is 16.4. The molecule has 2 aromatic rings. The lowest BCUT2D eigenvalue weighted by molar-refractivity contribution is -0.117. The maximum Gasteiger partial charge on any atom is 0.241 e. The number of carbonyl (C=O) groups is 1. The van der Waals surface area contributed by atoms with Crippen LogP contribution in [0.4, 0.5) is 11.4 Å². The molecule has 1 aliphatic rings. The van der Waals surface area contributed by atoms with E-state index in [9.17, 15) is 4.79 Å². The highest BCUT2D eigenvalue weighted by molar-refractivity contribution is 5.94. The molecule has 2 atom stereocenters. The van der Waals surface area contributed by atoms with Crippen LogP contribution in [-0.4, -0.2) is 38.3 Å². The molecule has 3 rings (SSSR count). The molecular weight excluding hydrogens is 374 g/mol. The van der Waals surface area contributed by atoms with E-state index in [4.69, 9.17) is 4.74 Å². The maximum atomic E-state index is 12.6. The minimum atomic E-state index is -0.297. The van der Waals surface area contributed by atoms with E-state index in [1.165, 1.54) is 11.1 Å². The van der Waals surface area contributed by atoms with Crippen molar-refractivity contribution in [1.82, 2.24) is 5.32 Å². The Morgan fingerprint density at radius 2 is 1.60 bits per heavy atom. The Hall–Kier alpha value is -2.37. The molecular formula is C25H35N3O2. The molecule has 0 saturated carbocycles. The van der Waals surface area contributed by atoms with Crippen molar-refractivity contribution in [2.75, 3.05) is 36.5 Å². The molecule has 2 aromatic carbocycles. The second kappa shape index (κ2) is 10.6. The summed E-state index contributed by atoms with van der Waals surface area (Å²) in [4.78, 5) is 14.9. The first-order chi connectivity index (χ1) is 14.4. The zero-order valence-electron chi connectivity index (χ0n) is 18.7. The van der Waals surface area contributed by atoms with E-state index in [0.717, 1.165) is 44.1 Å². The molecule has 0 radical (unpaired) electrons. The van der Waals surface area contributed by atoms with Crippen LogP contribution in [0.3, 0.4) is 0 Å². The first-order valence-electron chi connectivity index (χ1n) is 11.0. The number of ether oxygens (including phenoxy) is 1. The van der Waals surface area contributed by atoms with Crippen molar-refractivity contribution < 1.29 is 9.53 Å². The summed E-state index contributed by atoms with van der Waals surface area (Å²) < 4.78 is 5.40. The highest BCUT2D eigenvalue weighted by Crippen LogP contribution is 2.20. The predicted molar refractivity (Wildman–Crippen MR) is 124 cm³/mol. The monoisotopic (exact) mass is 409 g/mol. The van der Waals surface area contributed by atoms with E-state index in [2.05, 4.69) is 72.7 Å². The topological polar surface area (TPSA) is 53.6 Å². The maximum absolute atomic E-state index is 12.6. The number of hydrogen-bond donors (Lipinski definition) is 2. The van der Waals surface area contributed by atoms with Gasteiger partial charge in [-0.05, 0) is 61.6 Å². The van der Waals surface area contributed by atoms with Crippen molar-refractivity contribution >= 4 is 17.3 Å². The Morgan fingerprint density at radius 1 is 0.967 bits per heavy atom. The van der Waals surface area contributed by atoms with E-state index in [1.54, 1.807) is 0 Å². The van der Waals surface area contributed by atoms with Crippen LogP contribution >= 0.6 is 0 Å². The molecule has 5 heteroatoms. The largest absolute Gasteiger partial charge is 0.378 e. The molecule has 0 aliphatic carbocycles. The molecule has 0 unspecified atom stereocenters. The summed E-state index contributed by atoms with van der Waals surface area (Å²) >= 11 is 0. The first kappa shape index (κ1) is 22.3. The minimum absolute atomic E-state index is 0.0302. The van der Waals surface area contributed by atoms with Gasteiger partial charge in [-0.3, -0.25) is 10.1 Å². The Balaban J connectivity index is 1.51. The van der Waals surface area contributed by atoms with Gasteiger partial charge in [-0.15, -0.1) is 0 Å². The highest BCUT2D eigenvalue weighted by Gasteiger charge is 2.17. The third kappa shape index (κ3) is 6.31. The van der Waals surface area contributed by atoms with Crippen LogP contribution < -0.4 is 15.5 Å². The lowest BCUT2D eigenvalue weighted by Gasteiger charge is -2.29. The molecule has 0 bridgehead atoms. The fourth-order valence-corrected chi connectivity index (χ4v) is 3.79. The van der Waals surface area contributed by atoms with Gasteiger partial charge in [0.25, 0.3) is 0 Å². The quantitative estimate of drug-likeness (QED) is 0.679. The van der Waals surface area contributed by atoms with Crippen molar-refractivity contribution in [3.63, 3.8) is 0 Å². The number of amides is 1. The van der Waals surface area contributed by atoms with Gasteiger partial charge in [-0.25, -0.2) is 0 Å².